The predicted molar refractivity (Wildman–Crippen MR) is 81.2 cm³/mol. The van der Waals surface area contributed by atoms with Crippen LogP contribution in [0.2, 0.25) is 5.02 Å². The van der Waals surface area contributed by atoms with Gasteiger partial charge in [-0.25, -0.2) is 30.3 Å². The Kier molecular flexibility index (Phi) is 5.13. The quantitative estimate of drug-likeness (QED) is 0.862. The molecular formula is C12H16ClFN2O4S2. The molecule has 0 bridgehead atoms. The Morgan fingerprint density at radius 1 is 1.32 bits per heavy atom. The summed E-state index contributed by atoms with van der Waals surface area (Å²) in [6.07, 6.45) is 2.09. The van der Waals surface area contributed by atoms with Crippen molar-refractivity contribution in [3.63, 3.8) is 0 Å². The fraction of sp³-hybridized carbons (Fsp3) is 0.500. The lowest BCUT2D eigenvalue weighted by Gasteiger charge is -2.31. The SMILES string of the molecule is CS(=O)(=O)N1CCCC(NS(=O)(=O)c2ccc(Cl)cc2F)C1. The van der Waals surface area contributed by atoms with Crippen LogP contribution in [0.3, 0.4) is 0 Å². The molecule has 22 heavy (non-hydrogen) atoms. The second-order valence-corrected chi connectivity index (χ2v) is 9.26. The fourth-order valence-electron chi connectivity index (χ4n) is 2.32. The minimum atomic E-state index is -4.08. The number of halogens is 2. The lowest BCUT2D eigenvalue weighted by Crippen LogP contribution is -2.49. The van der Waals surface area contributed by atoms with Crippen LogP contribution < -0.4 is 4.72 Å². The summed E-state index contributed by atoms with van der Waals surface area (Å²) in [5.41, 5.74) is 0. The normalized spacial score (nSPS) is 21.0. The van der Waals surface area contributed by atoms with Crippen LogP contribution in [0.15, 0.2) is 23.1 Å². The molecule has 1 N–H and O–H groups in total. The van der Waals surface area contributed by atoms with E-state index in [1.807, 2.05) is 0 Å². The molecule has 1 heterocycles. The van der Waals surface area contributed by atoms with E-state index in [0.29, 0.717) is 19.4 Å². The number of sulfonamides is 2. The van der Waals surface area contributed by atoms with Crippen LogP contribution in [-0.4, -0.2) is 46.5 Å². The molecule has 1 aliphatic rings. The van der Waals surface area contributed by atoms with Gasteiger partial charge in [-0.3, -0.25) is 0 Å². The van der Waals surface area contributed by atoms with E-state index in [9.17, 15) is 21.2 Å². The summed E-state index contributed by atoms with van der Waals surface area (Å²) in [4.78, 5) is -0.506. The molecule has 0 saturated carbocycles. The highest BCUT2D eigenvalue weighted by molar-refractivity contribution is 7.89. The number of piperidine rings is 1. The highest BCUT2D eigenvalue weighted by atomic mass is 35.5. The van der Waals surface area contributed by atoms with Gasteiger partial charge < -0.3 is 0 Å². The first-order chi connectivity index (χ1) is 10.1. The van der Waals surface area contributed by atoms with Crippen molar-refractivity contribution in [1.29, 1.82) is 0 Å². The van der Waals surface area contributed by atoms with Crippen LogP contribution in [0.1, 0.15) is 12.8 Å². The van der Waals surface area contributed by atoms with E-state index in [2.05, 4.69) is 4.72 Å². The van der Waals surface area contributed by atoms with Crippen LogP contribution in [0, 0.1) is 5.82 Å². The molecule has 0 radical (unpaired) electrons. The number of nitrogens with zero attached hydrogens (tertiary/aromatic N) is 1. The minimum Gasteiger partial charge on any atom is -0.213 e. The first-order valence-electron chi connectivity index (χ1n) is 6.52. The van der Waals surface area contributed by atoms with E-state index >= 15 is 0 Å². The standard InChI is InChI=1S/C12H16ClFN2O4S2/c1-21(17,18)16-6-2-3-10(8-16)15-22(19,20)12-5-4-9(13)7-11(12)14/h4-5,7,10,15H,2-3,6,8H2,1H3. The zero-order valence-electron chi connectivity index (χ0n) is 11.8. The molecule has 0 aromatic heterocycles. The van der Waals surface area contributed by atoms with Crippen LogP contribution >= 0.6 is 11.6 Å². The summed E-state index contributed by atoms with van der Waals surface area (Å²) in [5, 5.41) is 0.0948. The zero-order chi connectivity index (χ0) is 16.5. The lowest BCUT2D eigenvalue weighted by atomic mass is 10.1. The van der Waals surface area contributed by atoms with Gasteiger partial charge in [-0.1, -0.05) is 11.6 Å². The van der Waals surface area contributed by atoms with Crippen LogP contribution in [-0.2, 0) is 20.0 Å². The Morgan fingerprint density at radius 3 is 2.59 bits per heavy atom. The van der Waals surface area contributed by atoms with Crippen molar-refractivity contribution < 1.29 is 21.2 Å². The van der Waals surface area contributed by atoms with Crippen molar-refractivity contribution in [2.45, 2.75) is 23.8 Å². The molecule has 0 spiro atoms. The summed E-state index contributed by atoms with van der Waals surface area (Å²) in [6.45, 7) is 0.389. The van der Waals surface area contributed by atoms with Crippen LogP contribution in [0.25, 0.3) is 0 Å². The molecule has 1 saturated heterocycles. The van der Waals surface area contributed by atoms with Crippen LogP contribution in [0.4, 0.5) is 4.39 Å². The largest absolute Gasteiger partial charge is 0.243 e. The second kappa shape index (κ2) is 6.40. The van der Waals surface area contributed by atoms with Crippen molar-refractivity contribution in [2.75, 3.05) is 19.3 Å². The third kappa shape index (κ3) is 4.17. The molecule has 1 aromatic carbocycles. The van der Waals surface area contributed by atoms with Gasteiger partial charge in [0, 0.05) is 24.2 Å². The monoisotopic (exact) mass is 370 g/mol. The van der Waals surface area contributed by atoms with E-state index in [1.54, 1.807) is 0 Å². The smallest absolute Gasteiger partial charge is 0.213 e. The lowest BCUT2D eigenvalue weighted by molar-refractivity contribution is 0.305. The summed E-state index contributed by atoms with van der Waals surface area (Å²) in [7, 11) is -7.47. The Morgan fingerprint density at radius 2 is 2.00 bits per heavy atom. The van der Waals surface area contributed by atoms with Gasteiger partial charge in [0.05, 0.1) is 6.26 Å². The van der Waals surface area contributed by atoms with Crippen molar-refractivity contribution in [3.05, 3.63) is 29.0 Å². The van der Waals surface area contributed by atoms with Gasteiger partial charge in [-0.15, -0.1) is 0 Å². The maximum atomic E-state index is 13.8. The number of rotatable bonds is 4. The van der Waals surface area contributed by atoms with Gasteiger partial charge in [-0.05, 0) is 31.0 Å². The van der Waals surface area contributed by atoms with Gasteiger partial charge in [-0.2, -0.15) is 0 Å². The maximum Gasteiger partial charge on any atom is 0.243 e. The third-order valence-corrected chi connectivity index (χ3v) is 6.42. The number of hydrogen-bond acceptors (Lipinski definition) is 4. The molecule has 2 rings (SSSR count). The predicted octanol–water partition coefficient (Wildman–Crippen LogP) is 1.18. The highest BCUT2D eigenvalue weighted by Gasteiger charge is 2.30. The van der Waals surface area contributed by atoms with E-state index < -0.39 is 36.8 Å². The van der Waals surface area contributed by atoms with Gasteiger partial charge in [0.15, 0.2) is 0 Å². The molecular weight excluding hydrogens is 355 g/mol. The molecule has 10 heteroatoms. The van der Waals surface area contributed by atoms with E-state index in [1.165, 1.54) is 10.4 Å². The molecule has 1 fully saturated rings. The summed E-state index contributed by atoms with van der Waals surface area (Å²) in [5.74, 6) is -0.948. The van der Waals surface area contributed by atoms with Gasteiger partial charge in [0.25, 0.3) is 0 Å². The van der Waals surface area contributed by atoms with Gasteiger partial charge in [0.2, 0.25) is 20.0 Å². The number of benzene rings is 1. The highest BCUT2D eigenvalue weighted by Crippen LogP contribution is 2.21. The molecule has 1 atom stereocenters. The molecule has 0 amide bonds. The van der Waals surface area contributed by atoms with Crippen molar-refractivity contribution >= 4 is 31.6 Å². The van der Waals surface area contributed by atoms with Gasteiger partial charge >= 0.3 is 0 Å². The second-order valence-electron chi connectivity index (χ2n) is 5.16. The average Bonchev–Trinajstić information content (AvgIpc) is 2.36. The number of nitrogens with one attached hydrogen (secondary N) is 1. The summed E-state index contributed by atoms with van der Waals surface area (Å²) >= 11 is 5.60. The minimum absolute atomic E-state index is 0.0350. The summed E-state index contributed by atoms with van der Waals surface area (Å²) < 4.78 is 64.8. The molecule has 1 aliphatic heterocycles. The van der Waals surface area contributed by atoms with E-state index in [0.717, 1.165) is 18.4 Å². The topological polar surface area (TPSA) is 83.6 Å². The van der Waals surface area contributed by atoms with Gasteiger partial charge in [0.1, 0.15) is 10.7 Å². The Hall–Kier alpha value is -0.740. The van der Waals surface area contributed by atoms with Crippen molar-refractivity contribution in [2.24, 2.45) is 0 Å². The molecule has 1 aromatic rings. The Labute approximate surface area is 134 Å². The Balaban J connectivity index is 2.18. The van der Waals surface area contributed by atoms with Crippen LogP contribution in [0.5, 0.6) is 0 Å². The zero-order valence-corrected chi connectivity index (χ0v) is 14.2. The molecule has 6 nitrogen and oxygen atoms in total. The third-order valence-electron chi connectivity index (χ3n) is 3.36. The fourth-order valence-corrected chi connectivity index (χ4v) is 4.71. The molecule has 0 aliphatic carbocycles. The Bertz CT molecular complexity index is 767. The van der Waals surface area contributed by atoms with Crippen molar-refractivity contribution in [1.82, 2.24) is 9.03 Å². The number of hydrogen-bond donors (Lipinski definition) is 1. The average molecular weight is 371 g/mol. The molecule has 1 unspecified atom stereocenters. The first-order valence-corrected chi connectivity index (χ1v) is 10.2. The van der Waals surface area contributed by atoms with Crippen molar-refractivity contribution in [3.8, 4) is 0 Å². The summed E-state index contributed by atoms with van der Waals surface area (Å²) in [6, 6.07) is 2.68. The van der Waals surface area contributed by atoms with E-state index in [4.69, 9.17) is 11.6 Å². The maximum absolute atomic E-state index is 13.8. The van der Waals surface area contributed by atoms with E-state index in [-0.39, 0.29) is 11.6 Å². The molecule has 124 valence electrons. The first kappa shape index (κ1) is 17.6.